The van der Waals surface area contributed by atoms with Crippen molar-refractivity contribution in [1.82, 2.24) is 4.98 Å². The van der Waals surface area contributed by atoms with Crippen LogP contribution in [0.25, 0.3) is 0 Å². The minimum Gasteiger partial charge on any atom is -0.491 e. The quantitative estimate of drug-likeness (QED) is 0.778. The van der Waals surface area contributed by atoms with Crippen molar-refractivity contribution in [1.29, 1.82) is 0 Å². The molecule has 19 heavy (non-hydrogen) atoms. The van der Waals surface area contributed by atoms with Gasteiger partial charge in [-0.15, -0.1) is 0 Å². The number of ether oxygens (including phenoxy) is 2. The molecule has 1 aromatic heterocycles. The van der Waals surface area contributed by atoms with E-state index in [2.05, 4.69) is 9.72 Å². The second-order valence-electron chi connectivity index (χ2n) is 3.41. The van der Waals surface area contributed by atoms with Crippen LogP contribution in [0, 0.1) is 6.92 Å². The minimum atomic E-state index is -4.17. The summed E-state index contributed by atoms with van der Waals surface area (Å²) in [6.45, 7) is 4.05. The van der Waals surface area contributed by atoms with Crippen LogP contribution in [-0.4, -0.2) is 30.8 Å². The Balaban J connectivity index is 0.000000555. The molecule has 0 radical (unpaired) electrons. The fourth-order valence-corrected chi connectivity index (χ4v) is 0.945. The van der Waals surface area contributed by atoms with Gasteiger partial charge in [-0.25, -0.2) is 0 Å². The zero-order valence-electron chi connectivity index (χ0n) is 10.7. The number of rotatable bonds is 5. The third-order valence-electron chi connectivity index (χ3n) is 1.87. The van der Waals surface area contributed by atoms with Crippen molar-refractivity contribution in [3.63, 3.8) is 0 Å². The van der Waals surface area contributed by atoms with Gasteiger partial charge >= 0.3 is 6.18 Å². The number of alkyl halides is 3. The molecular formula is C12H16F3NO3. The van der Waals surface area contributed by atoms with Gasteiger partial charge in [-0.2, -0.15) is 13.2 Å². The third-order valence-corrected chi connectivity index (χ3v) is 1.87. The Hall–Kier alpha value is -1.79. The number of nitrogens with zero attached hydrogens (tertiary/aromatic N) is 1. The Labute approximate surface area is 109 Å². The van der Waals surface area contributed by atoms with Crippen LogP contribution < -0.4 is 4.74 Å². The normalized spacial score (nSPS) is 10.2. The van der Waals surface area contributed by atoms with Crippen LogP contribution in [0.4, 0.5) is 13.2 Å². The van der Waals surface area contributed by atoms with Crippen LogP contribution in [0.2, 0.25) is 0 Å². The van der Waals surface area contributed by atoms with Crippen molar-refractivity contribution in [3.8, 4) is 5.75 Å². The van der Waals surface area contributed by atoms with Crippen molar-refractivity contribution < 1.29 is 27.4 Å². The van der Waals surface area contributed by atoms with E-state index in [9.17, 15) is 18.0 Å². The summed E-state index contributed by atoms with van der Waals surface area (Å²) in [5.74, 6) is 0.400. The Morgan fingerprint density at radius 2 is 2.11 bits per heavy atom. The van der Waals surface area contributed by atoms with E-state index < -0.39 is 12.6 Å². The smallest absolute Gasteiger partial charge is 0.392 e. The Kier molecular flexibility index (Phi) is 8.32. The summed E-state index contributed by atoms with van der Waals surface area (Å²) >= 11 is 0. The van der Waals surface area contributed by atoms with Crippen molar-refractivity contribution >= 4 is 6.47 Å². The van der Waals surface area contributed by atoms with E-state index in [1.165, 1.54) is 6.20 Å². The fraction of sp³-hybridized carbons (Fsp3) is 0.500. The first kappa shape index (κ1) is 17.2. The van der Waals surface area contributed by atoms with Crippen molar-refractivity contribution in [2.45, 2.75) is 26.4 Å². The van der Waals surface area contributed by atoms with Gasteiger partial charge < -0.3 is 9.47 Å². The number of hydrogen-bond donors (Lipinski definition) is 0. The van der Waals surface area contributed by atoms with E-state index in [1.54, 1.807) is 26.1 Å². The number of hydrogen-bond acceptors (Lipinski definition) is 4. The topological polar surface area (TPSA) is 48.4 Å². The summed E-state index contributed by atoms with van der Waals surface area (Å²) in [6.07, 6.45) is -2.14. The maximum Gasteiger partial charge on any atom is 0.392 e. The highest BCUT2D eigenvalue weighted by atomic mass is 19.4. The number of pyridine rings is 1. The van der Waals surface area contributed by atoms with Crippen LogP contribution in [-0.2, 0) is 9.53 Å². The summed E-state index contributed by atoms with van der Waals surface area (Å²) in [7, 11) is 0. The summed E-state index contributed by atoms with van der Waals surface area (Å²) < 4.78 is 44.4. The van der Waals surface area contributed by atoms with Gasteiger partial charge in [-0.3, -0.25) is 9.78 Å². The molecule has 7 heteroatoms. The number of aryl methyl sites for hydroxylation is 1. The molecule has 108 valence electrons. The molecule has 0 aromatic carbocycles. The molecule has 0 bridgehead atoms. The average Bonchev–Trinajstić information content (AvgIpc) is 2.32. The highest BCUT2D eigenvalue weighted by Gasteiger charge is 2.26. The summed E-state index contributed by atoms with van der Waals surface area (Å²) in [5, 5.41) is 0. The molecule has 1 rings (SSSR count). The van der Waals surface area contributed by atoms with Gasteiger partial charge in [0, 0.05) is 6.20 Å². The number of halogens is 3. The zero-order chi connectivity index (χ0) is 14.7. The van der Waals surface area contributed by atoms with Crippen molar-refractivity contribution in [3.05, 3.63) is 24.0 Å². The fourth-order valence-electron chi connectivity index (χ4n) is 0.945. The first-order valence-corrected chi connectivity index (χ1v) is 5.56. The van der Waals surface area contributed by atoms with Crippen molar-refractivity contribution in [2.24, 2.45) is 0 Å². The van der Waals surface area contributed by atoms with E-state index >= 15 is 0 Å². The molecule has 0 saturated carbocycles. The standard InChI is InChI=1S/C9H10F3NO.C3H6O2/c1-7-2-4-13-6-8(7)14-5-3-9(10,11)12;1-2-5-3-4/h2,4,6H,3,5H2,1H3;3H,2H2,1H3. The number of carbonyl (C=O) groups is 1. The predicted octanol–water partition coefficient (Wildman–Crippen LogP) is 2.90. The first-order valence-electron chi connectivity index (χ1n) is 5.56. The van der Waals surface area contributed by atoms with Crippen LogP contribution in [0.15, 0.2) is 18.5 Å². The largest absolute Gasteiger partial charge is 0.491 e. The van der Waals surface area contributed by atoms with Crippen molar-refractivity contribution in [2.75, 3.05) is 13.2 Å². The molecule has 1 aromatic rings. The Morgan fingerprint density at radius 3 is 2.53 bits per heavy atom. The van der Waals surface area contributed by atoms with Gasteiger partial charge in [0.2, 0.25) is 0 Å². The van der Waals surface area contributed by atoms with E-state index in [1.807, 2.05) is 0 Å². The second kappa shape index (κ2) is 9.18. The van der Waals surface area contributed by atoms with Gasteiger partial charge in [0.25, 0.3) is 6.47 Å². The highest BCUT2D eigenvalue weighted by Crippen LogP contribution is 2.21. The van der Waals surface area contributed by atoms with Crippen LogP contribution in [0.5, 0.6) is 5.75 Å². The number of carbonyl (C=O) groups excluding carboxylic acids is 1. The molecule has 0 aliphatic heterocycles. The van der Waals surface area contributed by atoms with Gasteiger partial charge in [-0.1, -0.05) is 0 Å². The predicted molar refractivity (Wildman–Crippen MR) is 62.8 cm³/mol. The highest BCUT2D eigenvalue weighted by molar-refractivity contribution is 5.36. The zero-order valence-corrected chi connectivity index (χ0v) is 10.7. The van der Waals surface area contributed by atoms with E-state index in [0.717, 1.165) is 5.56 Å². The molecule has 0 fully saturated rings. The van der Waals surface area contributed by atoms with Crippen LogP contribution >= 0.6 is 0 Å². The lowest BCUT2D eigenvalue weighted by Gasteiger charge is -2.09. The molecule has 0 aliphatic carbocycles. The molecular weight excluding hydrogens is 263 g/mol. The lowest BCUT2D eigenvalue weighted by atomic mass is 10.3. The molecule has 0 unspecified atom stereocenters. The molecule has 0 amide bonds. The minimum absolute atomic E-state index is 0.365. The molecule has 0 spiro atoms. The maximum atomic E-state index is 11.8. The molecule has 1 heterocycles. The summed E-state index contributed by atoms with van der Waals surface area (Å²) in [5.41, 5.74) is 0.780. The Bertz CT molecular complexity index is 369. The van der Waals surface area contributed by atoms with Crippen LogP contribution in [0.3, 0.4) is 0 Å². The van der Waals surface area contributed by atoms with E-state index in [4.69, 9.17) is 4.74 Å². The SMILES string of the molecule is CCOC=O.Cc1ccncc1OCCC(F)(F)F. The van der Waals surface area contributed by atoms with E-state index in [-0.39, 0.29) is 6.61 Å². The maximum absolute atomic E-state index is 11.8. The molecule has 0 N–H and O–H groups in total. The monoisotopic (exact) mass is 279 g/mol. The molecule has 4 nitrogen and oxygen atoms in total. The average molecular weight is 279 g/mol. The molecule has 0 saturated heterocycles. The van der Waals surface area contributed by atoms with Gasteiger partial charge in [-0.05, 0) is 25.5 Å². The summed E-state index contributed by atoms with van der Waals surface area (Å²) in [4.78, 5) is 12.9. The lowest BCUT2D eigenvalue weighted by Crippen LogP contribution is -2.13. The number of aromatic nitrogens is 1. The van der Waals surface area contributed by atoms with Gasteiger partial charge in [0.1, 0.15) is 5.75 Å². The Morgan fingerprint density at radius 1 is 1.42 bits per heavy atom. The van der Waals surface area contributed by atoms with E-state index in [0.29, 0.717) is 18.8 Å². The molecule has 0 aliphatic rings. The van der Waals surface area contributed by atoms with Gasteiger partial charge in [0.05, 0.1) is 25.8 Å². The first-order chi connectivity index (χ1) is 8.90. The lowest BCUT2D eigenvalue weighted by molar-refractivity contribution is -0.139. The summed E-state index contributed by atoms with van der Waals surface area (Å²) in [6, 6.07) is 1.68. The van der Waals surface area contributed by atoms with Crippen LogP contribution in [0.1, 0.15) is 18.9 Å². The third kappa shape index (κ3) is 9.87. The second-order valence-corrected chi connectivity index (χ2v) is 3.41. The molecule has 0 atom stereocenters. The van der Waals surface area contributed by atoms with Gasteiger partial charge in [0.15, 0.2) is 0 Å².